The van der Waals surface area contributed by atoms with E-state index in [-0.39, 0.29) is 6.04 Å². The highest BCUT2D eigenvalue weighted by molar-refractivity contribution is 7.09. The molecule has 5 heteroatoms. The molecule has 1 N–H and O–H groups in total. The van der Waals surface area contributed by atoms with E-state index >= 15 is 0 Å². The van der Waals surface area contributed by atoms with Crippen LogP contribution in [0.15, 0.2) is 23.6 Å². The number of rotatable bonds is 5. The zero-order valence-electron chi connectivity index (χ0n) is 12.4. The van der Waals surface area contributed by atoms with Crippen LogP contribution in [-0.2, 0) is 6.42 Å². The van der Waals surface area contributed by atoms with Gasteiger partial charge in [0.15, 0.2) is 11.5 Å². The summed E-state index contributed by atoms with van der Waals surface area (Å²) < 4.78 is 11.5. The zero-order chi connectivity index (χ0) is 14.7. The zero-order valence-corrected chi connectivity index (χ0v) is 13.2. The molecule has 0 saturated carbocycles. The van der Waals surface area contributed by atoms with Gasteiger partial charge in [0.2, 0.25) is 0 Å². The molecule has 4 nitrogen and oxygen atoms in total. The first-order valence-corrected chi connectivity index (χ1v) is 8.18. The summed E-state index contributed by atoms with van der Waals surface area (Å²) in [5.41, 5.74) is 2.24. The number of hydrogen-bond donors (Lipinski definition) is 1. The lowest BCUT2D eigenvalue weighted by molar-refractivity contribution is 0.168. The molecule has 1 atom stereocenters. The Labute approximate surface area is 129 Å². The largest absolute Gasteiger partial charge is 0.486 e. The molecule has 1 unspecified atom stereocenters. The van der Waals surface area contributed by atoms with E-state index in [1.165, 1.54) is 0 Å². The van der Waals surface area contributed by atoms with Crippen molar-refractivity contribution in [3.05, 3.63) is 39.8 Å². The van der Waals surface area contributed by atoms with Crippen molar-refractivity contribution in [1.82, 2.24) is 10.3 Å². The summed E-state index contributed by atoms with van der Waals surface area (Å²) >= 11 is 1.71. The highest BCUT2D eigenvalue weighted by atomic mass is 32.1. The molecule has 0 amide bonds. The summed E-state index contributed by atoms with van der Waals surface area (Å²) in [4.78, 5) is 4.58. The number of thiazole rings is 1. The Morgan fingerprint density at radius 1 is 1.33 bits per heavy atom. The van der Waals surface area contributed by atoms with Gasteiger partial charge in [-0.25, -0.2) is 4.98 Å². The number of nitrogens with zero attached hydrogens (tertiary/aromatic N) is 1. The second kappa shape index (κ2) is 6.45. The normalized spacial score (nSPS) is 15.0. The van der Waals surface area contributed by atoms with Crippen molar-refractivity contribution in [2.45, 2.75) is 26.3 Å². The lowest BCUT2D eigenvalue weighted by Crippen LogP contribution is -2.25. The maximum absolute atomic E-state index is 5.84. The molecule has 3 rings (SSSR count). The van der Waals surface area contributed by atoms with Gasteiger partial charge in [-0.1, -0.05) is 19.1 Å². The van der Waals surface area contributed by atoms with Gasteiger partial charge >= 0.3 is 0 Å². The van der Waals surface area contributed by atoms with E-state index in [9.17, 15) is 0 Å². The van der Waals surface area contributed by atoms with Gasteiger partial charge in [0.05, 0.1) is 5.01 Å². The van der Waals surface area contributed by atoms with Gasteiger partial charge in [0, 0.05) is 29.1 Å². The number of para-hydroxylation sites is 1. The first kappa shape index (κ1) is 14.4. The molecule has 1 aromatic carbocycles. The predicted molar refractivity (Wildman–Crippen MR) is 84.4 cm³/mol. The SMILES string of the molecule is CCNC(Cc1nc(C)cs1)c1cccc2c1OCCO2. The minimum absolute atomic E-state index is 0.192. The fourth-order valence-electron chi connectivity index (χ4n) is 2.58. The third-order valence-electron chi connectivity index (χ3n) is 3.47. The van der Waals surface area contributed by atoms with Crippen LogP contribution in [0.4, 0.5) is 0 Å². The minimum atomic E-state index is 0.192. The lowest BCUT2D eigenvalue weighted by Gasteiger charge is -2.25. The fourth-order valence-corrected chi connectivity index (χ4v) is 3.40. The number of fused-ring (bicyclic) bond motifs is 1. The van der Waals surface area contributed by atoms with Gasteiger partial charge in [0.25, 0.3) is 0 Å². The van der Waals surface area contributed by atoms with Crippen LogP contribution in [0.1, 0.15) is 29.2 Å². The molecule has 0 radical (unpaired) electrons. The molecule has 2 aromatic rings. The molecule has 0 aliphatic carbocycles. The quantitative estimate of drug-likeness (QED) is 0.922. The van der Waals surface area contributed by atoms with Crippen molar-refractivity contribution in [2.24, 2.45) is 0 Å². The Morgan fingerprint density at radius 2 is 2.19 bits per heavy atom. The lowest BCUT2D eigenvalue weighted by atomic mass is 10.0. The molecule has 1 aromatic heterocycles. The van der Waals surface area contributed by atoms with Crippen LogP contribution in [0.2, 0.25) is 0 Å². The Kier molecular flexibility index (Phi) is 4.41. The topological polar surface area (TPSA) is 43.4 Å². The molecular weight excluding hydrogens is 284 g/mol. The van der Waals surface area contributed by atoms with Crippen LogP contribution in [0.5, 0.6) is 11.5 Å². The van der Waals surface area contributed by atoms with Crippen molar-refractivity contribution in [1.29, 1.82) is 0 Å². The number of aromatic nitrogens is 1. The van der Waals surface area contributed by atoms with E-state index < -0.39 is 0 Å². The van der Waals surface area contributed by atoms with Gasteiger partial charge in [-0.3, -0.25) is 0 Å². The van der Waals surface area contributed by atoms with Crippen molar-refractivity contribution in [3.63, 3.8) is 0 Å². The number of aryl methyl sites for hydroxylation is 1. The summed E-state index contributed by atoms with van der Waals surface area (Å²) in [6.07, 6.45) is 0.867. The van der Waals surface area contributed by atoms with Gasteiger partial charge in [-0.15, -0.1) is 11.3 Å². The average molecular weight is 304 g/mol. The van der Waals surface area contributed by atoms with E-state index in [4.69, 9.17) is 9.47 Å². The van der Waals surface area contributed by atoms with Crippen LogP contribution in [0.25, 0.3) is 0 Å². The predicted octanol–water partition coefficient (Wildman–Crippen LogP) is 3.12. The second-order valence-electron chi connectivity index (χ2n) is 5.07. The summed E-state index contributed by atoms with van der Waals surface area (Å²) in [6.45, 7) is 6.28. The van der Waals surface area contributed by atoms with Gasteiger partial charge in [-0.2, -0.15) is 0 Å². The first-order valence-electron chi connectivity index (χ1n) is 7.31. The van der Waals surface area contributed by atoms with E-state index in [2.05, 4.69) is 28.7 Å². The number of hydrogen-bond acceptors (Lipinski definition) is 5. The molecular formula is C16H20N2O2S. The fraction of sp³-hybridized carbons (Fsp3) is 0.438. The van der Waals surface area contributed by atoms with Gasteiger partial charge in [-0.05, 0) is 19.5 Å². The molecule has 0 spiro atoms. The number of likely N-dealkylation sites (N-methyl/N-ethyl adjacent to an activating group) is 1. The third-order valence-corrected chi connectivity index (χ3v) is 4.46. The van der Waals surface area contributed by atoms with Crippen molar-refractivity contribution in [3.8, 4) is 11.5 Å². The highest BCUT2D eigenvalue weighted by Crippen LogP contribution is 2.38. The Balaban J connectivity index is 1.90. The summed E-state index contributed by atoms with van der Waals surface area (Å²) in [5, 5.41) is 6.78. The Morgan fingerprint density at radius 3 is 2.95 bits per heavy atom. The first-order chi connectivity index (χ1) is 10.3. The summed E-state index contributed by atoms with van der Waals surface area (Å²) in [5.74, 6) is 1.72. The van der Waals surface area contributed by atoms with Gasteiger partial charge < -0.3 is 14.8 Å². The molecule has 21 heavy (non-hydrogen) atoms. The number of ether oxygens (including phenoxy) is 2. The number of nitrogens with one attached hydrogen (secondary N) is 1. The van der Waals surface area contributed by atoms with Crippen molar-refractivity contribution < 1.29 is 9.47 Å². The monoisotopic (exact) mass is 304 g/mol. The molecule has 1 aliphatic rings. The van der Waals surface area contributed by atoms with Gasteiger partial charge in [0.1, 0.15) is 13.2 Å². The standard InChI is InChI=1S/C16H20N2O2S/c1-3-17-13(9-15-18-11(2)10-21-15)12-5-4-6-14-16(12)20-8-7-19-14/h4-6,10,13,17H,3,7-9H2,1-2H3. The summed E-state index contributed by atoms with van der Waals surface area (Å²) in [6, 6.07) is 6.30. The van der Waals surface area contributed by atoms with E-state index in [0.717, 1.165) is 40.7 Å². The molecule has 1 aliphatic heterocycles. The minimum Gasteiger partial charge on any atom is -0.486 e. The molecule has 0 bridgehead atoms. The second-order valence-corrected chi connectivity index (χ2v) is 6.01. The maximum Gasteiger partial charge on any atom is 0.166 e. The molecule has 0 fully saturated rings. The van der Waals surface area contributed by atoms with Crippen LogP contribution >= 0.6 is 11.3 Å². The van der Waals surface area contributed by atoms with E-state index in [1.807, 2.05) is 19.1 Å². The van der Waals surface area contributed by atoms with Crippen molar-refractivity contribution >= 4 is 11.3 Å². The van der Waals surface area contributed by atoms with Crippen LogP contribution in [-0.4, -0.2) is 24.7 Å². The molecule has 0 saturated heterocycles. The van der Waals surface area contributed by atoms with Crippen LogP contribution in [0, 0.1) is 6.92 Å². The maximum atomic E-state index is 5.84. The van der Waals surface area contributed by atoms with E-state index in [1.54, 1.807) is 11.3 Å². The number of benzene rings is 1. The van der Waals surface area contributed by atoms with E-state index in [0.29, 0.717) is 13.2 Å². The Bertz CT molecular complexity index is 612. The smallest absolute Gasteiger partial charge is 0.166 e. The van der Waals surface area contributed by atoms with Crippen LogP contribution in [0.3, 0.4) is 0 Å². The average Bonchev–Trinajstić information content (AvgIpc) is 2.91. The third kappa shape index (κ3) is 3.19. The Hall–Kier alpha value is -1.59. The van der Waals surface area contributed by atoms with Crippen molar-refractivity contribution in [2.75, 3.05) is 19.8 Å². The van der Waals surface area contributed by atoms with Crippen LogP contribution < -0.4 is 14.8 Å². The highest BCUT2D eigenvalue weighted by Gasteiger charge is 2.22. The summed E-state index contributed by atoms with van der Waals surface area (Å²) in [7, 11) is 0. The molecule has 112 valence electrons. The molecule has 2 heterocycles.